The first-order chi connectivity index (χ1) is 12.4. The average molecular weight is 373 g/mol. The van der Waals surface area contributed by atoms with Crippen LogP contribution in [0, 0.1) is 23.3 Å². The number of nitrogens with one attached hydrogen (secondary N) is 1. The highest BCUT2D eigenvalue weighted by Gasteiger charge is 2.21. The summed E-state index contributed by atoms with van der Waals surface area (Å²) < 4.78 is 67.8. The first-order valence-electron chi connectivity index (χ1n) is 7.30. The van der Waals surface area contributed by atoms with Crippen molar-refractivity contribution in [3.05, 3.63) is 53.1 Å². The van der Waals surface area contributed by atoms with Crippen molar-refractivity contribution in [1.29, 1.82) is 0 Å². The molecule has 1 amide bonds. The van der Waals surface area contributed by atoms with Crippen LogP contribution in [0.2, 0.25) is 0 Å². The monoisotopic (exact) mass is 373 g/mol. The molecule has 0 radical (unpaired) electrons. The topological polar surface area (TPSA) is 56.8 Å². The molecule has 140 valence electrons. The van der Waals surface area contributed by atoms with Crippen LogP contribution in [0.3, 0.4) is 0 Å². The Labute approximate surface area is 146 Å². The Balaban J connectivity index is 1.96. The predicted octanol–water partition coefficient (Wildman–Crippen LogP) is 2.96. The van der Waals surface area contributed by atoms with Crippen molar-refractivity contribution in [3.8, 4) is 17.2 Å². The predicted molar refractivity (Wildman–Crippen MR) is 83.2 cm³/mol. The molecule has 2 aromatic rings. The maximum Gasteiger partial charge on any atom is 0.258 e. The summed E-state index contributed by atoms with van der Waals surface area (Å²) in [6.07, 6.45) is 0. The van der Waals surface area contributed by atoms with Gasteiger partial charge in [-0.2, -0.15) is 8.78 Å². The maximum atomic E-state index is 13.4. The largest absolute Gasteiger partial charge is 0.493 e. The average Bonchev–Trinajstić information content (AvgIpc) is 2.64. The van der Waals surface area contributed by atoms with Crippen molar-refractivity contribution in [2.24, 2.45) is 0 Å². The van der Waals surface area contributed by atoms with Gasteiger partial charge in [0.05, 0.1) is 14.2 Å². The molecule has 2 rings (SSSR count). The minimum absolute atomic E-state index is 0.0503. The van der Waals surface area contributed by atoms with Gasteiger partial charge < -0.3 is 19.5 Å². The minimum atomic E-state index is -1.71. The highest BCUT2D eigenvalue weighted by Crippen LogP contribution is 2.28. The number of hydrogen-bond acceptors (Lipinski definition) is 4. The van der Waals surface area contributed by atoms with Gasteiger partial charge in [0, 0.05) is 12.6 Å². The number of carbonyl (C=O) groups is 1. The highest BCUT2D eigenvalue weighted by molar-refractivity contribution is 5.77. The zero-order valence-corrected chi connectivity index (χ0v) is 13.9. The lowest BCUT2D eigenvalue weighted by Crippen LogP contribution is -2.28. The lowest BCUT2D eigenvalue weighted by atomic mass is 10.2. The summed E-state index contributed by atoms with van der Waals surface area (Å²) in [6, 6.07) is 4.98. The van der Waals surface area contributed by atoms with Crippen LogP contribution in [0.5, 0.6) is 17.2 Å². The van der Waals surface area contributed by atoms with E-state index in [9.17, 15) is 22.4 Å². The Kier molecular flexibility index (Phi) is 6.26. The van der Waals surface area contributed by atoms with E-state index in [0.717, 1.165) is 0 Å². The van der Waals surface area contributed by atoms with Crippen LogP contribution in [0.25, 0.3) is 0 Å². The van der Waals surface area contributed by atoms with Gasteiger partial charge in [0.2, 0.25) is 11.6 Å². The zero-order valence-electron chi connectivity index (χ0n) is 13.9. The van der Waals surface area contributed by atoms with Gasteiger partial charge in [-0.1, -0.05) is 6.07 Å². The van der Waals surface area contributed by atoms with E-state index in [2.05, 4.69) is 10.1 Å². The summed E-state index contributed by atoms with van der Waals surface area (Å²) in [6.45, 7) is -0.769. The standard InChI is InChI=1S/C17H15F4NO4/c1-24-12-4-3-9(5-13(12)25-2)7-22-14(23)8-26-17-15(20)10(18)6-11(19)16(17)21/h3-6H,7-8H2,1-2H3,(H,22,23). The summed E-state index contributed by atoms with van der Waals surface area (Å²) in [4.78, 5) is 11.7. The van der Waals surface area contributed by atoms with Crippen LogP contribution in [0.1, 0.15) is 5.56 Å². The molecule has 0 aliphatic carbocycles. The van der Waals surface area contributed by atoms with Crippen LogP contribution in [-0.4, -0.2) is 26.7 Å². The molecule has 5 nitrogen and oxygen atoms in total. The fraction of sp³-hybridized carbons (Fsp3) is 0.235. The van der Waals surface area contributed by atoms with Crippen LogP contribution < -0.4 is 19.5 Å². The number of ether oxygens (including phenoxy) is 3. The molecule has 26 heavy (non-hydrogen) atoms. The van der Waals surface area contributed by atoms with E-state index >= 15 is 0 Å². The summed E-state index contributed by atoms with van der Waals surface area (Å²) in [7, 11) is 2.93. The lowest BCUT2D eigenvalue weighted by Gasteiger charge is -2.11. The first-order valence-corrected chi connectivity index (χ1v) is 7.30. The fourth-order valence-corrected chi connectivity index (χ4v) is 2.06. The molecular weight excluding hydrogens is 358 g/mol. The van der Waals surface area contributed by atoms with Gasteiger partial charge >= 0.3 is 0 Å². The van der Waals surface area contributed by atoms with E-state index in [0.29, 0.717) is 17.1 Å². The number of amides is 1. The molecule has 0 bridgehead atoms. The van der Waals surface area contributed by atoms with Crippen molar-refractivity contribution in [2.45, 2.75) is 6.54 Å². The molecule has 0 heterocycles. The smallest absolute Gasteiger partial charge is 0.258 e. The van der Waals surface area contributed by atoms with E-state index in [4.69, 9.17) is 9.47 Å². The second kappa shape index (κ2) is 8.41. The first kappa shape index (κ1) is 19.4. The van der Waals surface area contributed by atoms with E-state index in [-0.39, 0.29) is 12.6 Å². The molecule has 0 aliphatic heterocycles. The molecule has 0 saturated carbocycles. The normalized spacial score (nSPS) is 10.4. The van der Waals surface area contributed by atoms with Gasteiger partial charge in [-0.25, -0.2) is 8.78 Å². The molecule has 0 aromatic heterocycles. The van der Waals surface area contributed by atoms with Crippen molar-refractivity contribution < 1.29 is 36.6 Å². The Morgan fingerprint density at radius 2 is 1.58 bits per heavy atom. The Hall–Kier alpha value is -2.97. The maximum absolute atomic E-state index is 13.4. The van der Waals surface area contributed by atoms with Gasteiger partial charge in [-0.05, 0) is 17.7 Å². The summed E-state index contributed by atoms with van der Waals surface area (Å²) >= 11 is 0. The van der Waals surface area contributed by atoms with Crippen LogP contribution >= 0.6 is 0 Å². The molecule has 0 aliphatic rings. The second-order valence-corrected chi connectivity index (χ2v) is 5.05. The molecule has 1 N–H and O–H groups in total. The van der Waals surface area contributed by atoms with Gasteiger partial charge in [-0.3, -0.25) is 4.79 Å². The number of methoxy groups -OCH3 is 2. The van der Waals surface area contributed by atoms with Crippen LogP contribution in [0.15, 0.2) is 24.3 Å². The molecule has 0 fully saturated rings. The van der Waals surface area contributed by atoms with Crippen LogP contribution in [0.4, 0.5) is 17.6 Å². The SMILES string of the molecule is COc1ccc(CNC(=O)COc2c(F)c(F)cc(F)c2F)cc1OC. The zero-order chi connectivity index (χ0) is 19.3. The minimum Gasteiger partial charge on any atom is -0.493 e. The van der Waals surface area contributed by atoms with Gasteiger partial charge in [-0.15, -0.1) is 0 Å². The van der Waals surface area contributed by atoms with Crippen molar-refractivity contribution in [3.63, 3.8) is 0 Å². The molecule has 0 spiro atoms. The van der Waals surface area contributed by atoms with E-state index in [1.165, 1.54) is 14.2 Å². The number of benzene rings is 2. The van der Waals surface area contributed by atoms with Crippen molar-refractivity contribution >= 4 is 5.91 Å². The van der Waals surface area contributed by atoms with E-state index in [1.807, 2.05) is 0 Å². The lowest BCUT2D eigenvalue weighted by molar-refractivity contribution is -0.123. The number of hydrogen-bond donors (Lipinski definition) is 1. The van der Waals surface area contributed by atoms with Gasteiger partial charge in [0.25, 0.3) is 5.91 Å². The summed E-state index contributed by atoms with van der Waals surface area (Å²) in [5.74, 6) is -7.74. The summed E-state index contributed by atoms with van der Waals surface area (Å²) in [5.41, 5.74) is 0.658. The summed E-state index contributed by atoms with van der Waals surface area (Å²) in [5, 5.41) is 2.43. The number of rotatable bonds is 7. The third-order valence-electron chi connectivity index (χ3n) is 3.36. The van der Waals surface area contributed by atoms with Gasteiger partial charge in [0.15, 0.2) is 35.5 Å². The third kappa shape index (κ3) is 4.35. The molecule has 9 heteroatoms. The van der Waals surface area contributed by atoms with Crippen LogP contribution in [-0.2, 0) is 11.3 Å². The molecule has 0 atom stereocenters. The molecule has 0 saturated heterocycles. The fourth-order valence-electron chi connectivity index (χ4n) is 2.06. The molecular formula is C17H15F4NO4. The van der Waals surface area contributed by atoms with E-state index in [1.54, 1.807) is 18.2 Å². The highest BCUT2D eigenvalue weighted by atomic mass is 19.2. The number of carbonyl (C=O) groups excluding carboxylic acids is 1. The second-order valence-electron chi connectivity index (χ2n) is 5.05. The third-order valence-corrected chi connectivity index (χ3v) is 3.36. The Bertz CT molecular complexity index is 788. The van der Waals surface area contributed by atoms with Crippen molar-refractivity contribution in [1.82, 2.24) is 5.32 Å². The van der Waals surface area contributed by atoms with Gasteiger partial charge in [0.1, 0.15) is 0 Å². The Morgan fingerprint density at radius 3 is 2.15 bits per heavy atom. The van der Waals surface area contributed by atoms with E-state index < -0.39 is 41.5 Å². The quantitative estimate of drug-likeness (QED) is 0.599. The molecule has 2 aromatic carbocycles. The van der Waals surface area contributed by atoms with Crippen molar-refractivity contribution in [2.75, 3.05) is 20.8 Å². The number of halogens is 4. The Morgan fingerprint density at radius 1 is 0.962 bits per heavy atom. The molecule has 0 unspecified atom stereocenters.